The summed E-state index contributed by atoms with van der Waals surface area (Å²) in [6, 6.07) is 8.73. The maximum Gasteiger partial charge on any atom is 0.127 e. The minimum absolute atomic E-state index is 0.294. The Morgan fingerprint density at radius 2 is 1.84 bits per heavy atom. The molecular formula is C15H14Cl2FN. The van der Waals surface area contributed by atoms with Gasteiger partial charge >= 0.3 is 0 Å². The van der Waals surface area contributed by atoms with Crippen molar-refractivity contribution in [2.75, 3.05) is 7.05 Å². The van der Waals surface area contributed by atoms with Gasteiger partial charge in [-0.2, -0.15) is 0 Å². The first kappa shape index (κ1) is 14.3. The quantitative estimate of drug-likeness (QED) is 0.856. The molecule has 19 heavy (non-hydrogen) atoms. The van der Waals surface area contributed by atoms with E-state index in [1.165, 1.54) is 6.07 Å². The van der Waals surface area contributed by atoms with Crippen LogP contribution in [-0.4, -0.2) is 7.05 Å². The molecular weight excluding hydrogens is 284 g/mol. The van der Waals surface area contributed by atoms with Crippen molar-refractivity contribution in [3.05, 3.63) is 57.3 Å². The summed E-state index contributed by atoms with van der Waals surface area (Å²) < 4.78 is 13.5. The van der Waals surface area contributed by atoms with Crippen LogP contribution in [-0.2, 0) is 6.54 Å². The highest BCUT2D eigenvalue weighted by atomic mass is 35.5. The second-order valence-corrected chi connectivity index (χ2v) is 5.26. The summed E-state index contributed by atoms with van der Waals surface area (Å²) in [6.45, 7) is 2.39. The first-order valence-electron chi connectivity index (χ1n) is 5.92. The minimum Gasteiger partial charge on any atom is -0.316 e. The van der Waals surface area contributed by atoms with Crippen LogP contribution >= 0.6 is 23.2 Å². The number of hydrogen-bond acceptors (Lipinski definition) is 1. The number of hydrogen-bond donors (Lipinski definition) is 1. The van der Waals surface area contributed by atoms with E-state index < -0.39 is 0 Å². The highest BCUT2D eigenvalue weighted by Gasteiger charge is 2.11. The van der Waals surface area contributed by atoms with Crippen molar-refractivity contribution in [2.45, 2.75) is 13.5 Å². The van der Waals surface area contributed by atoms with Gasteiger partial charge in [0.15, 0.2) is 0 Å². The Balaban J connectivity index is 2.61. The lowest BCUT2D eigenvalue weighted by molar-refractivity contribution is 0.619. The molecule has 0 aliphatic heterocycles. The van der Waals surface area contributed by atoms with Crippen LogP contribution in [0.1, 0.15) is 11.1 Å². The maximum atomic E-state index is 13.5. The van der Waals surface area contributed by atoms with E-state index in [2.05, 4.69) is 5.32 Å². The van der Waals surface area contributed by atoms with Crippen LogP contribution in [0.5, 0.6) is 0 Å². The summed E-state index contributed by atoms with van der Waals surface area (Å²) in [7, 11) is 1.86. The molecule has 0 saturated heterocycles. The van der Waals surface area contributed by atoms with E-state index in [0.29, 0.717) is 22.2 Å². The van der Waals surface area contributed by atoms with E-state index in [1.54, 1.807) is 13.0 Å². The van der Waals surface area contributed by atoms with Crippen molar-refractivity contribution < 1.29 is 4.39 Å². The summed E-state index contributed by atoms with van der Waals surface area (Å²) in [6.07, 6.45) is 0. The second-order valence-electron chi connectivity index (χ2n) is 4.41. The van der Waals surface area contributed by atoms with Gasteiger partial charge in [0.1, 0.15) is 5.82 Å². The summed E-state index contributed by atoms with van der Waals surface area (Å²) >= 11 is 12.2. The Labute approximate surface area is 122 Å². The fourth-order valence-corrected chi connectivity index (χ4v) is 2.47. The highest BCUT2D eigenvalue weighted by Crippen LogP contribution is 2.33. The third-order valence-corrected chi connectivity index (χ3v) is 3.52. The van der Waals surface area contributed by atoms with E-state index in [4.69, 9.17) is 23.2 Å². The number of benzene rings is 2. The molecule has 0 atom stereocenters. The molecule has 0 heterocycles. The van der Waals surface area contributed by atoms with Crippen molar-refractivity contribution in [1.82, 2.24) is 5.32 Å². The molecule has 2 aromatic carbocycles. The molecule has 0 aliphatic carbocycles. The minimum atomic E-state index is -0.294. The zero-order valence-corrected chi connectivity index (χ0v) is 12.2. The van der Waals surface area contributed by atoms with Crippen molar-refractivity contribution in [3.63, 3.8) is 0 Å². The van der Waals surface area contributed by atoms with Crippen LogP contribution in [0.2, 0.25) is 10.0 Å². The average molecular weight is 298 g/mol. The third-order valence-electron chi connectivity index (χ3n) is 2.97. The molecule has 0 bridgehead atoms. The van der Waals surface area contributed by atoms with Crippen LogP contribution in [0.25, 0.3) is 11.1 Å². The molecule has 0 fully saturated rings. The fraction of sp³-hybridized carbons (Fsp3) is 0.200. The predicted octanol–water partition coefficient (Wildman–Crippen LogP) is 4.83. The van der Waals surface area contributed by atoms with Crippen molar-refractivity contribution in [3.8, 4) is 11.1 Å². The van der Waals surface area contributed by atoms with E-state index >= 15 is 0 Å². The van der Waals surface area contributed by atoms with Gasteiger partial charge in [-0.05, 0) is 54.9 Å². The highest BCUT2D eigenvalue weighted by molar-refractivity contribution is 6.33. The lowest BCUT2D eigenvalue weighted by atomic mass is 9.98. The summed E-state index contributed by atoms with van der Waals surface area (Å²) in [5.41, 5.74) is 3.39. The topological polar surface area (TPSA) is 12.0 Å². The van der Waals surface area contributed by atoms with E-state index in [9.17, 15) is 4.39 Å². The monoisotopic (exact) mass is 297 g/mol. The molecule has 1 N–H and O–H groups in total. The van der Waals surface area contributed by atoms with Gasteiger partial charge in [-0.25, -0.2) is 4.39 Å². The largest absolute Gasteiger partial charge is 0.316 e. The van der Waals surface area contributed by atoms with Crippen LogP contribution < -0.4 is 5.32 Å². The van der Waals surface area contributed by atoms with Gasteiger partial charge < -0.3 is 5.32 Å². The predicted molar refractivity (Wildman–Crippen MR) is 79.4 cm³/mol. The molecule has 4 heteroatoms. The van der Waals surface area contributed by atoms with Gasteiger partial charge in [0.25, 0.3) is 0 Å². The lowest BCUT2D eigenvalue weighted by Crippen LogP contribution is -2.06. The van der Waals surface area contributed by atoms with Crippen molar-refractivity contribution in [1.29, 1.82) is 0 Å². The van der Waals surface area contributed by atoms with Crippen LogP contribution in [0.4, 0.5) is 4.39 Å². The van der Waals surface area contributed by atoms with E-state index in [0.717, 1.165) is 16.7 Å². The Hall–Kier alpha value is -1.09. The molecule has 0 amide bonds. The van der Waals surface area contributed by atoms with Gasteiger partial charge in [-0.3, -0.25) is 0 Å². The number of nitrogens with one attached hydrogen (secondary N) is 1. The van der Waals surface area contributed by atoms with E-state index in [-0.39, 0.29) is 5.82 Å². The smallest absolute Gasteiger partial charge is 0.127 e. The van der Waals surface area contributed by atoms with Crippen LogP contribution in [0.15, 0.2) is 30.3 Å². The van der Waals surface area contributed by atoms with Crippen molar-refractivity contribution >= 4 is 23.2 Å². The zero-order valence-electron chi connectivity index (χ0n) is 10.7. The second kappa shape index (κ2) is 5.91. The maximum absolute atomic E-state index is 13.5. The fourth-order valence-electron chi connectivity index (χ4n) is 2.03. The van der Waals surface area contributed by atoms with Crippen molar-refractivity contribution in [2.24, 2.45) is 0 Å². The van der Waals surface area contributed by atoms with Gasteiger partial charge in [0.2, 0.25) is 0 Å². The summed E-state index contributed by atoms with van der Waals surface area (Å²) in [4.78, 5) is 0. The third kappa shape index (κ3) is 3.08. The molecule has 0 aliphatic rings. The van der Waals surface area contributed by atoms with Gasteiger partial charge in [-0.15, -0.1) is 0 Å². The molecule has 2 rings (SSSR count). The molecule has 1 nitrogen and oxygen atoms in total. The van der Waals surface area contributed by atoms with Crippen LogP contribution in [0.3, 0.4) is 0 Å². The molecule has 100 valence electrons. The lowest BCUT2D eigenvalue weighted by Gasteiger charge is -2.13. The number of aryl methyl sites for hydroxylation is 1. The average Bonchev–Trinajstić information content (AvgIpc) is 2.35. The van der Waals surface area contributed by atoms with Crippen LogP contribution in [0, 0.1) is 12.7 Å². The molecule has 2 aromatic rings. The standard InChI is InChI=1S/C15H14Cl2FN/c1-9-5-13(14(17)7-15(9)18)12-4-3-11(16)6-10(12)8-19-2/h3-7,19H,8H2,1-2H3. The molecule has 0 radical (unpaired) electrons. The first-order valence-corrected chi connectivity index (χ1v) is 6.67. The Morgan fingerprint density at radius 3 is 2.53 bits per heavy atom. The molecule has 0 aromatic heterocycles. The Kier molecular flexibility index (Phi) is 4.46. The number of rotatable bonds is 3. The first-order chi connectivity index (χ1) is 9.02. The van der Waals surface area contributed by atoms with Gasteiger partial charge in [0.05, 0.1) is 5.02 Å². The summed E-state index contributed by atoms with van der Waals surface area (Å²) in [5.74, 6) is -0.294. The molecule has 0 unspecified atom stereocenters. The van der Waals surface area contributed by atoms with E-state index in [1.807, 2.05) is 25.2 Å². The molecule has 0 spiro atoms. The summed E-state index contributed by atoms with van der Waals surface area (Å²) in [5, 5.41) is 4.17. The molecule has 0 saturated carbocycles. The van der Waals surface area contributed by atoms with Gasteiger partial charge in [0, 0.05) is 17.1 Å². The zero-order chi connectivity index (χ0) is 14.0. The number of halogens is 3. The SMILES string of the molecule is CNCc1cc(Cl)ccc1-c1cc(C)c(F)cc1Cl. The Morgan fingerprint density at radius 1 is 1.11 bits per heavy atom. The Bertz CT molecular complexity index is 611. The normalized spacial score (nSPS) is 10.8. The van der Waals surface area contributed by atoms with Gasteiger partial charge in [-0.1, -0.05) is 29.3 Å².